The van der Waals surface area contributed by atoms with E-state index in [9.17, 15) is 14.4 Å². The molecule has 0 unspecified atom stereocenters. The molecule has 3 amide bonds. The van der Waals surface area contributed by atoms with Crippen LogP contribution in [0, 0.1) is 0 Å². The van der Waals surface area contributed by atoms with Crippen molar-refractivity contribution in [2.24, 2.45) is 0 Å². The molecule has 1 saturated heterocycles. The minimum Gasteiger partial charge on any atom is -0.459 e. The van der Waals surface area contributed by atoms with Gasteiger partial charge in [0, 0.05) is 35.9 Å². The number of nitrogens with one attached hydrogen (secondary N) is 2. The third-order valence-electron chi connectivity index (χ3n) is 5.29. The van der Waals surface area contributed by atoms with Crippen molar-refractivity contribution in [2.45, 2.75) is 18.9 Å². The van der Waals surface area contributed by atoms with Crippen LogP contribution in [0.4, 0.5) is 5.69 Å². The van der Waals surface area contributed by atoms with Crippen molar-refractivity contribution in [3.8, 4) is 0 Å². The highest BCUT2D eigenvalue weighted by Gasteiger charge is 2.25. The van der Waals surface area contributed by atoms with Crippen LogP contribution in [-0.2, 0) is 0 Å². The first-order valence-corrected chi connectivity index (χ1v) is 10.2. The monoisotopic (exact) mass is 417 g/mol. The lowest BCUT2D eigenvalue weighted by Gasteiger charge is -2.32. The van der Waals surface area contributed by atoms with E-state index in [0.29, 0.717) is 42.7 Å². The van der Waals surface area contributed by atoms with Gasteiger partial charge in [0.15, 0.2) is 5.76 Å². The fourth-order valence-corrected chi connectivity index (χ4v) is 3.56. The van der Waals surface area contributed by atoms with Gasteiger partial charge in [-0.1, -0.05) is 18.2 Å². The number of anilines is 1. The Balaban J connectivity index is 1.28. The molecule has 158 valence electrons. The number of rotatable bonds is 5. The molecule has 0 saturated carbocycles. The third kappa shape index (κ3) is 5.01. The number of likely N-dealkylation sites (tertiary alicyclic amines) is 1. The molecule has 0 radical (unpaired) electrons. The van der Waals surface area contributed by atoms with E-state index in [1.54, 1.807) is 53.4 Å². The van der Waals surface area contributed by atoms with Gasteiger partial charge in [-0.2, -0.15) is 0 Å². The molecule has 0 atom stereocenters. The highest BCUT2D eigenvalue weighted by Crippen LogP contribution is 2.17. The SMILES string of the molecule is O=C(NC1CCN(C(=O)c2ccc(NC(=O)c3ccco3)cc2)CC1)c1ccccc1. The van der Waals surface area contributed by atoms with Crippen molar-refractivity contribution >= 4 is 23.4 Å². The van der Waals surface area contributed by atoms with Crippen LogP contribution < -0.4 is 10.6 Å². The number of carbonyl (C=O) groups is 3. The van der Waals surface area contributed by atoms with Crippen molar-refractivity contribution in [2.75, 3.05) is 18.4 Å². The van der Waals surface area contributed by atoms with Gasteiger partial charge in [0.2, 0.25) is 0 Å². The Morgan fingerprint density at radius 1 is 0.806 bits per heavy atom. The maximum Gasteiger partial charge on any atom is 0.291 e. The molecule has 2 heterocycles. The van der Waals surface area contributed by atoms with Crippen LogP contribution in [0.5, 0.6) is 0 Å². The van der Waals surface area contributed by atoms with Crippen LogP contribution in [0.15, 0.2) is 77.4 Å². The van der Waals surface area contributed by atoms with Gasteiger partial charge in [-0.15, -0.1) is 0 Å². The molecule has 7 heteroatoms. The number of hydrogen-bond acceptors (Lipinski definition) is 4. The van der Waals surface area contributed by atoms with Crippen LogP contribution >= 0.6 is 0 Å². The maximum absolute atomic E-state index is 12.8. The summed E-state index contributed by atoms with van der Waals surface area (Å²) in [5.41, 5.74) is 1.78. The predicted octanol–water partition coefficient (Wildman–Crippen LogP) is 3.57. The van der Waals surface area contributed by atoms with Gasteiger partial charge in [0.1, 0.15) is 0 Å². The van der Waals surface area contributed by atoms with E-state index in [4.69, 9.17) is 4.42 Å². The van der Waals surface area contributed by atoms with Crippen molar-refractivity contribution in [3.05, 3.63) is 89.9 Å². The first-order valence-electron chi connectivity index (χ1n) is 10.2. The zero-order valence-electron chi connectivity index (χ0n) is 16.9. The highest BCUT2D eigenvalue weighted by molar-refractivity contribution is 6.02. The molecular weight excluding hydrogens is 394 g/mol. The first-order chi connectivity index (χ1) is 15.1. The topological polar surface area (TPSA) is 91.7 Å². The average Bonchev–Trinajstić information content (AvgIpc) is 3.35. The second-order valence-corrected chi connectivity index (χ2v) is 7.41. The number of piperidine rings is 1. The Kier molecular flexibility index (Phi) is 6.12. The summed E-state index contributed by atoms with van der Waals surface area (Å²) in [6, 6.07) is 19.2. The van der Waals surface area contributed by atoms with Crippen molar-refractivity contribution in [1.29, 1.82) is 0 Å². The van der Waals surface area contributed by atoms with E-state index in [1.807, 2.05) is 18.2 Å². The van der Waals surface area contributed by atoms with E-state index < -0.39 is 0 Å². The van der Waals surface area contributed by atoms with Crippen LogP contribution in [0.2, 0.25) is 0 Å². The molecule has 1 aliphatic rings. The Morgan fingerprint density at radius 2 is 1.52 bits per heavy atom. The summed E-state index contributed by atoms with van der Waals surface area (Å²) in [7, 11) is 0. The van der Waals surface area contributed by atoms with E-state index in [1.165, 1.54) is 6.26 Å². The van der Waals surface area contributed by atoms with Crippen LogP contribution in [-0.4, -0.2) is 41.8 Å². The van der Waals surface area contributed by atoms with Crippen LogP contribution in [0.3, 0.4) is 0 Å². The number of furan rings is 1. The maximum atomic E-state index is 12.8. The lowest BCUT2D eigenvalue weighted by atomic mass is 10.0. The van der Waals surface area contributed by atoms with Crippen molar-refractivity contribution in [3.63, 3.8) is 0 Å². The zero-order chi connectivity index (χ0) is 21.6. The minimum atomic E-state index is -0.344. The molecule has 3 aromatic rings. The largest absolute Gasteiger partial charge is 0.459 e. The fraction of sp³-hybridized carbons (Fsp3) is 0.208. The fourth-order valence-electron chi connectivity index (χ4n) is 3.56. The van der Waals surface area contributed by atoms with Gasteiger partial charge >= 0.3 is 0 Å². The quantitative estimate of drug-likeness (QED) is 0.664. The number of carbonyl (C=O) groups excluding carboxylic acids is 3. The van der Waals surface area contributed by atoms with E-state index in [-0.39, 0.29) is 29.5 Å². The molecule has 4 rings (SSSR count). The first kappa shape index (κ1) is 20.4. The van der Waals surface area contributed by atoms with E-state index in [0.717, 1.165) is 0 Å². The molecule has 1 aromatic heterocycles. The van der Waals surface area contributed by atoms with E-state index >= 15 is 0 Å². The summed E-state index contributed by atoms with van der Waals surface area (Å²) in [4.78, 5) is 38.9. The Labute approximate surface area is 180 Å². The average molecular weight is 417 g/mol. The van der Waals surface area contributed by atoms with E-state index in [2.05, 4.69) is 10.6 Å². The Morgan fingerprint density at radius 3 is 2.16 bits per heavy atom. The standard InChI is InChI=1S/C24H23N3O4/c28-22(17-5-2-1-3-6-17)25-20-12-14-27(15-13-20)24(30)18-8-10-19(11-9-18)26-23(29)21-7-4-16-31-21/h1-11,16,20H,12-15H2,(H,25,28)(H,26,29). The van der Waals surface area contributed by atoms with Gasteiger partial charge in [-0.25, -0.2) is 0 Å². The predicted molar refractivity (Wildman–Crippen MR) is 116 cm³/mol. The van der Waals surface area contributed by atoms with Crippen molar-refractivity contribution in [1.82, 2.24) is 10.2 Å². The van der Waals surface area contributed by atoms with Gasteiger partial charge in [0.25, 0.3) is 17.7 Å². The molecule has 2 aromatic carbocycles. The molecule has 0 bridgehead atoms. The van der Waals surface area contributed by atoms with Crippen LogP contribution in [0.1, 0.15) is 44.1 Å². The Hall–Kier alpha value is -3.87. The van der Waals surface area contributed by atoms with Gasteiger partial charge < -0.3 is 20.0 Å². The lowest BCUT2D eigenvalue weighted by Crippen LogP contribution is -2.46. The smallest absolute Gasteiger partial charge is 0.291 e. The molecule has 0 spiro atoms. The normalized spacial score (nSPS) is 14.1. The number of amides is 3. The minimum absolute atomic E-state index is 0.0518. The molecule has 0 aliphatic carbocycles. The molecular formula is C24H23N3O4. The summed E-state index contributed by atoms with van der Waals surface area (Å²) in [5, 5.41) is 5.78. The summed E-state index contributed by atoms with van der Waals surface area (Å²) in [6.45, 7) is 1.16. The summed E-state index contributed by atoms with van der Waals surface area (Å²) < 4.78 is 5.07. The summed E-state index contributed by atoms with van der Waals surface area (Å²) in [5.74, 6) is -0.264. The molecule has 1 fully saturated rings. The second-order valence-electron chi connectivity index (χ2n) is 7.41. The highest BCUT2D eigenvalue weighted by atomic mass is 16.3. The lowest BCUT2D eigenvalue weighted by molar-refractivity contribution is 0.0698. The van der Waals surface area contributed by atoms with Gasteiger partial charge in [-0.3, -0.25) is 14.4 Å². The summed E-state index contributed by atoms with van der Waals surface area (Å²) in [6.07, 6.45) is 2.86. The number of benzene rings is 2. The van der Waals surface area contributed by atoms with Crippen LogP contribution in [0.25, 0.3) is 0 Å². The molecule has 7 nitrogen and oxygen atoms in total. The molecule has 1 aliphatic heterocycles. The van der Waals surface area contributed by atoms with Crippen molar-refractivity contribution < 1.29 is 18.8 Å². The second kappa shape index (κ2) is 9.30. The zero-order valence-corrected chi connectivity index (χ0v) is 16.9. The van der Waals surface area contributed by atoms with Gasteiger partial charge in [0.05, 0.1) is 6.26 Å². The number of hydrogen-bond donors (Lipinski definition) is 2. The molecule has 2 N–H and O–H groups in total. The molecule has 31 heavy (non-hydrogen) atoms. The summed E-state index contributed by atoms with van der Waals surface area (Å²) >= 11 is 0. The Bertz CT molecular complexity index is 1040. The van der Waals surface area contributed by atoms with Gasteiger partial charge in [-0.05, 0) is 61.4 Å². The third-order valence-corrected chi connectivity index (χ3v) is 5.29. The number of nitrogens with zero attached hydrogens (tertiary/aromatic N) is 1.